The van der Waals surface area contributed by atoms with E-state index in [1.54, 1.807) is 7.11 Å². The third-order valence-electron chi connectivity index (χ3n) is 7.47. The second-order valence-corrected chi connectivity index (χ2v) is 10.7. The number of hydrogen-bond donors (Lipinski definition) is 2. The SMILES string of the molecule is COCCCCN1C(=O)C(C)(C)Oc2cc(C(F)(F)F)c(C(=O)N[C@H]3CN(C(=O)O)CC[C@H]3c3ccccc3)cc21. The topological polar surface area (TPSA) is 108 Å². The van der Waals surface area contributed by atoms with Crippen molar-refractivity contribution in [3.05, 3.63) is 59.2 Å². The molecule has 0 aliphatic carbocycles. The van der Waals surface area contributed by atoms with Gasteiger partial charge in [0.25, 0.3) is 11.8 Å². The highest BCUT2D eigenvalue weighted by atomic mass is 19.4. The summed E-state index contributed by atoms with van der Waals surface area (Å²) in [4.78, 5) is 41.0. The molecular weight excluding hydrogens is 543 g/mol. The number of hydrogen-bond acceptors (Lipinski definition) is 5. The Morgan fingerprint density at radius 3 is 2.51 bits per heavy atom. The summed E-state index contributed by atoms with van der Waals surface area (Å²) in [5, 5.41) is 12.2. The highest BCUT2D eigenvalue weighted by Gasteiger charge is 2.45. The van der Waals surface area contributed by atoms with Gasteiger partial charge < -0.3 is 29.7 Å². The largest absolute Gasteiger partial charge is 0.476 e. The summed E-state index contributed by atoms with van der Waals surface area (Å²) in [5.74, 6) is -1.93. The summed E-state index contributed by atoms with van der Waals surface area (Å²) in [7, 11) is 1.55. The summed E-state index contributed by atoms with van der Waals surface area (Å²) >= 11 is 0. The molecule has 2 aromatic carbocycles. The predicted octanol–water partition coefficient (Wildman–Crippen LogP) is 4.90. The molecule has 2 aliphatic heterocycles. The van der Waals surface area contributed by atoms with Crippen LogP contribution in [-0.2, 0) is 15.7 Å². The molecular formula is C29H34F3N3O6. The number of halogens is 3. The van der Waals surface area contributed by atoms with Crippen LogP contribution >= 0.6 is 0 Å². The van der Waals surface area contributed by atoms with E-state index in [-0.39, 0.29) is 37.0 Å². The lowest BCUT2D eigenvalue weighted by atomic mass is 9.85. The smallest absolute Gasteiger partial charge is 0.417 e. The first-order chi connectivity index (χ1) is 19.3. The van der Waals surface area contributed by atoms with Crippen LogP contribution in [-0.4, -0.2) is 72.9 Å². The lowest BCUT2D eigenvalue weighted by Crippen LogP contribution is -2.53. The van der Waals surface area contributed by atoms with Crippen molar-refractivity contribution in [2.24, 2.45) is 0 Å². The first-order valence-corrected chi connectivity index (χ1v) is 13.4. The van der Waals surface area contributed by atoms with Crippen LogP contribution in [0, 0.1) is 0 Å². The molecule has 1 fully saturated rings. The third-order valence-corrected chi connectivity index (χ3v) is 7.47. The van der Waals surface area contributed by atoms with Gasteiger partial charge in [-0.25, -0.2) is 4.79 Å². The second-order valence-electron chi connectivity index (χ2n) is 10.7. The number of rotatable bonds is 8. The molecule has 0 unspecified atom stereocenters. The number of ether oxygens (including phenoxy) is 2. The molecule has 2 N–H and O–H groups in total. The Kier molecular flexibility index (Phi) is 8.81. The van der Waals surface area contributed by atoms with E-state index < -0.39 is 46.9 Å². The van der Waals surface area contributed by atoms with Crippen LogP contribution < -0.4 is 15.0 Å². The molecule has 2 heterocycles. The van der Waals surface area contributed by atoms with E-state index in [9.17, 15) is 32.7 Å². The van der Waals surface area contributed by atoms with Crippen LogP contribution in [0.15, 0.2) is 42.5 Å². The minimum absolute atomic E-state index is 0.0697. The van der Waals surface area contributed by atoms with Gasteiger partial charge in [0.15, 0.2) is 5.60 Å². The van der Waals surface area contributed by atoms with Crippen molar-refractivity contribution >= 4 is 23.6 Å². The Bertz CT molecular complexity index is 1280. The standard InChI is InChI=1S/C29H34F3N3O6/c1-28(2)26(37)35(12-7-8-14-40-3)23-15-20(21(29(30,31)32)16-24(23)41-28)25(36)33-22-17-34(27(38)39)13-11-19(22)18-9-5-4-6-10-18/h4-6,9-10,15-16,19,22H,7-8,11-14,17H2,1-3H3,(H,33,36)(H,38,39)/t19-,22-/m0/s1. The normalized spacial score (nSPS) is 20.3. The number of carbonyl (C=O) groups excluding carboxylic acids is 2. The number of likely N-dealkylation sites (tertiary alicyclic amines) is 1. The zero-order valence-corrected chi connectivity index (χ0v) is 23.2. The zero-order valence-electron chi connectivity index (χ0n) is 23.2. The molecule has 3 amide bonds. The maximum absolute atomic E-state index is 14.3. The molecule has 0 radical (unpaired) electrons. The van der Waals surface area contributed by atoms with Gasteiger partial charge in [0.05, 0.1) is 22.9 Å². The number of benzene rings is 2. The van der Waals surface area contributed by atoms with Gasteiger partial charge in [-0.05, 0) is 50.8 Å². The van der Waals surface area contributed by atoms with Crippen LogP contribution in [0.4, 0.5) is 23.7 Å². The van der Waals surface area contributed by atoms with Crippen molar-refractivity contribution in [2.75, 3.05) is 38.3 Å². The molecule has 9 nitrogen and oxygen atoms in total. The Morgan fingerprint density at radius 1 is 1.17 bits per heavy atom. The van der Waals surface area contributed by atoms with E-state index in [2.05, 4.69) is 5.32 Å². The average Bonchev–Trinajstić information content (AvgIpc) is 2.92. The molecule has 222 valence electrons. The minimum Gasteiger partial charge on any atom is -0.476 e. The van der Waals surface area contributed by atoms with Gasteiger partial charge in [0.1, 0.15) is 5.75 Å². The van der Waals surface area contributed by atoms with Gasteiger partial charge >= 0.3 is 12.3 Å². The van der Waals surface area contributed by atoms with Crippen LogP contribution in [0.25, 0.3) is 0 Å². The van der Waals surface area contributed by atoms with Gasteiger partial charge in [0, 0.05) is 39.3 Å². The summed E-state index contributed by atoms with van der Waals surface area (Å²) in [5.41, 5.74) is -2.38. The fraction of sp³-hybridized carbons (Fsp3) is 0.483. The van der Waals surface area contributed by atoms with E-state index >= 15 is 0 Å². The first kappa shape index (κ1) is 30.2. The minimum atomic E-state index is -4.90. The van der Waals surface area contributed by atoms with Gasteiger partial charge in [-0.1, -0.05) is 30.3 Å². The van der Waals surface area contributed by atoms with Crippen LogP contribution in [0.2, 0.25) is 0 Å². The van der Waals surface area contributed by atoms with Gasteiger partial charge in [0.2, 0.25) is 0 Å². The summed E-state index contributed by atoms with van der Waals surface area (Å²) in [6.45, 7) is 3.74. The van der Waals surface area contributed by atoms with E-state index in [4.69, 9.17) is 9.47 Å². The summed E-state index contributed by atoms with van der Waals surface area (Å²) in [6.07, 6.45) is -4.57. The molecule has 41 heavy (non-hydrogen) atoms. The number of nitrogens with one attached hydrogen (secondary N) is 1. The molecule has 2 aliphatic rings. The number of carboxylic acid groups (broad SMARTS) is 1. The first-order valence-electron chi connectivity index (χ1n) is 13.4. The predicted molar refractivity (Wildman–Crippen MR) is 144 cm³/mol. The highest BCUT2D eigenvalue weighted by Crippen LogP contribution is 2.44. The monoisotopic (exact) mass is 577 g/mol. The third kappa shape index (κ3) is 6.58. The molecule has 1 saturated heterocycles. The number of amides is 3. The number of alkyl halides is 3. The lowest BCUT2D eigenvalue weighted by molar-refractivity contribution is -0.138. The Labute approximate surface area is 236 Å². The number of carbonyl (C=O) groups is 3. The summed E-state index contributed by atoms with van der Waals surface area (Å²) < 4.78 is 53.7. The molecule has 0 spiro atoms. The molecule has 2 atom stereocenters. The van der Waals surface area contributed by atoms with Gasteiger partial charge in [-0.15, -0.1) is 0 Å². The van der Waals surface area contributed by atoms with Crippen LogP contribution in [0.1, 0.15) is 60.5 Å². The van der Waals surface area contributed by atoms with Crippen molar-refractivity contribution in [1.82, 2.24) is 10.2 Å². The summed E-state index contributed by atoms with van der Waals surface area (Å²) in [6, 6.07) is 10.1. The Morgan fingerprint density at radius 2 is 1.88 bits per heavy atom. The van der Waals surface area contributed by atoms with Crippen LogP contribution in [0.5, 0.6) is 5.75 Å². The molecule has 12 heteroatoms. The van der Waals surface area contributed by atoms with E-state index in [0.717, 1.165) is 22.6 Å². The maximum Gasteiger partial charge on any atom is 0.417 e. The maximum atomic E-state index is 14.3. The fourth-order valence-electron chi connectivity index (χ4n) is 5.39. The van der Waals surface area contributed by atoms with Crippen molar-refractivity contribution in [3.63, 3.8) is 0 Å². The van der Waals surface area contributed by atoms with E-state index in [0.29, 0.717) is 25.9 Å². The molecule has 0 bridgehead atoms. The Balaban J connectivity index is 1.72. The average molecular weight is 578 g/mol. The second kappa shape index (κ2) is 12.0. The Hall–Kier alpha value is -3.80. The number of unbranched alkanes of at least 4 members (excludes halogenated alkanes) is 1. The van der Waals surface area contributed by atoms with Crippen molar-refractivity contribution in [2.45, 2.75) is 56.8 Å². The number of fused-ring (bicyclic) bond motifs is 1. The molecule has 2 aromatic rings. The quantitative estimate of drug-likeness (QED) is 0.432. The fourth-order valence-corrected chi connectivity index (χ4v) is 5.39. The molecule has 0 saturated carbocycles. The molecule has 4 rings (SSSR count). The lowest BCUT2D eigenvalue weighted by Gasteiger charge is -2.40. The van der Waals surface area contributed by atoms with E-state index in [1.807, 2.05) is 30.3 Å². The molecule has 0 aromatic heterocycles. The van der Waals surface area contributed by atoms with Gasteiger partial charge in [-0.2, -0.15) is 13.2 Å². The zero-order chi connectivity index (χ0) is 29.9. The van der Waals surface area contributed by atoms with Crippen molar-refractivity contribution in [1.29, 1.82) is 0 Å². The number of piperidine rings is 1. The number of anilines is 1. The van der Waals surface area contributed by atoms with Crippen molar-refractivity contribution < 1.29 is 42.1 Å². The van der Waals surface area contributed by atoms with E-state index in [1.165, 1.54) is 18.7 Å². The highest BCUT2D eigenvalue weighted by molar-refractivity contribution is 6.05. The van der Waals surface area contributed by atoms with Gasteiger partial charge in [-0.3, -0.25) is 9.59 Å². The van der Waals surface area contributed by atoms with Crippen LogP contribution in [0.3, 0.4) is 0 Å². The van der Waals surface area contributed by atoms with Crippen molar-refractivity contribution in [3.8, 4) is 5.75 Å². The number of methoxy groups -OCH3 is 1. The number of nitrogens with zero attached hydrogens (tertiary/aromatic N) is 2.